The molecule has 0 aliphatic carbocycles. The fourth-order valence-corrected chi connectivity index (χ4v) is 8.88. The number of para-hydroxylation sites is 6. The molecule has 5 nitrogen and oxygen atoms in total. The van der Waals surface area contributed by atoms with Gasteiger partial charge in [0.1, 0.15) is 0 Å². The molecule has 5 heteroatoms. The average molecular weight is 700 g/mol. The van der Waals surface area contributed by atoms with E-state index in [0.29, 0.717) is 11.1 Å². The fourth-order valence-electron chi connectivity index (χ4n) is 8.88. The van der Waals surface area contributed by atoms with Crippen LogP contribution in [-0.2, 0) is 0 Å². The molecular formula is C50H29N5. The van der Waals surface area contributed by atoms with Crippen LogP contribution in [0.15, 0.2) is 176 Å². The molecule has 0 aliphatic rings. The Balaban J connectivity index is 1.43. The van der Waals surface area contributed by atoms with Crippen LogP contribution in [0.5, 0.6) is 0 Å². The highest BCUT2D eigenvalue weighted by Crippen LogP contribution is 2.46. The molecule has 3 heterocycles. The van der Waals surface area contributed by atoms with E-state index in [1.54, 1.807) is 6.07 Å². The summed E-state index contributed by atoms with van der Waals surface area (Å²) in [6.45, 7) is 0. The Morgan fingerprint density at radius 1 is 0.327 bits per heavy atom. The van der Waals surface area contributed by atoms with Crippen molar-refractivity contribution >= 4 is 65.4 Å². The maximum Gasteiger partial charge on any atom is 0.0992 e. The van der Waals surface area contributed by atoms with E-state index in [9.17, 15) is 10.5 Å². The summed E-state index contributed by atoms with van der Waals surface area (Å²) < 4.78 is 7.11. The first-order chi connectivity index (χ1) is 27.2. The maximum atomic E-state index is 10.4. The van der Waals surface area contributed by atoms with Crippen molar-refractivity contribution in [2.75, 3.05) is 0 Å². The molecule has 0 amide bonds. The molecule has 11 rings (SSSR count). The SMILES string of the molecule is N#Cc1cc(C#N)cc(-c2c(-n3c4ccccc4c4ccccc43)ccc(-n3c4ccccc4c4ccccc43)c2-n2c3ccccc3c3ccccc32)c1. The first-order valence-electron chi connectivity index (χ1n) is 18.3. The lowest BCUT2D eigenvalue weighted by Gasteiger charge is -2.24. The van der Waals surface area contributed by atoms with Crippen molar-refractivity contribution < 1.29 is 0 Å². The summed E-state index contributed by atoms with van der Waals surface area (Å²) in [5.41, 5.74) is 11.8. The minimum Gasteiger partial charge on any atom is -0.309 e. The maximum absolute atomic E-state index is 10.4. The van der Waals surface area contributed by atoms with Crippen LogP contribution in [0.3, 0.4) is 0 Å². The molecule has 0 N–H and O–H groups in total. The van der Waals surface area contributed by atoms with Crippen LogP contribution in [0, 0.1) is 22.7 Å². The van der Waals surface area contributed by atoms with E-state index in [4.69, 9.17) is 0 Å². The summed E-state index contributed by atoms with van der Waals surface area (Å²) >= 11 is 0. The van der Waals surface area contributed by atoms with Gasteiger partial charge in [-0.25, -0.2) is 0 Å². The number of aromatic nitrogens is 3. The van der Waals surface area contributed by atoms with Crippen LogP contribution in [0.2, 0.25) is 0 Å². The van der Waals surface area contributed by atoms with Crippen LogP contribution in [0.25, 0.3) is 93.6 Å². The second-order valence-corrected chi connectivity index (χ2v) is 14.0. The van der Waals surface area contributed by atoms with Crippen molar-refractivity contribution in [3.63, 3.8) is 0 Å². The van der Waals surface area contributed by atoms with E-state index in [2.05, 4.69) is 184 Å². The number of nitriles is 2. The van der Waals surface area contributed by atoms with Gasteiger partial charge >= 0.3 is 0 Å². The van der Waals surface area contributed by atoms with Gasteiger partial charge in [-0.1, -0.05) is 109 Å². The van der Waals surface area contributed by atoms with Gasteiger partial charge in [-0.05, 0) is 72.3 Å². The summed E-state index contributed by atoms with van der Waals surface area (Å²) in [5.74, 6) is 0. The monoisotopic (exact) mass is 699 g/mol. The lowest BCUT2D eigenvalue weighted by atomic mass is 9.95. The third-order valence-corrected chi connectivity index (χ3v) is 11.1. The predicted molar refractivity (Wildman–Crippen MR) is 224 cm³/mol. The molecule has 11 aromatic rings. The molecular weight excluding hydrogens is 671 g/mol. The zero-order valence-electron chi connectivity index (χ0n) is 29.5. The lowest BCUT2D eigenvalue weighted by Crippen LogP contribution is -2.09. The van der Waals surface area contributed by atoms with Crippen molar-refractivity contribution in [3.05, 3.63) is 187 Å². The van der Waals surface area contributed by atoms with Crippen LogP contribution in [0.4, 0.5) is 0 Å². The van der Waals surface area contributed by atoms with E-state index in [1.165, 1.54) is 0 Å². The van der Waals surface area contributed by atoms with Crippen LogP contribution in [0.1, 0.15) is 11.1 Å². The largest absolute Gasteiger partial charge is 0.309 e. The van der Waals surface area contributed by atoms with E-state index >= 15 is 0 Å². The zero-order chi connectivity index (χ0) is 36.6. The Kier molecular flexibility index (Phi) is 6.61. The van der Waals surface area contributed by atoms with Crippen LogP contribution in [-0.4, -0.2) is 13.7 Å². The molecule has 55 heavy (non-hydrogen) atoms. The Labute approximate surface area is 316 Å². The number of fused-ring (bicyclic) bond motifs is 9. The molecule has 0 bridgehead atoms. The minimum atomic E-state index is 0.428. The van der Waals surface area contributed by atoms with Crippen molar-refractivity contribution in [2.45, 2.75) is 0 Å². The molecule has 0 radical (unpaired) electrons. The first-order valence-corrected chi connectivity index (χ1v) is 18.3. The highest BCUT2D eigenvalue weighted by molar-refractivity contribution is 6.14. The number of rotatable bonds is 4. The summed E-state index contributed by atoms with van der Waals surface area (Å²) in [4.78, 5) is 0. The average Bonchev–Trinajstić information content (AvgIpc) is 3.89. The molecule has 8 aromatic carbocycles. The third-order valence-electron chi connectivity index (χ3n) is 11.1. The standard InChI is InChI=1S/C50H29N5/c51-30-32-27-33(31-52)29-34(28-32)49-47(53-41-19-7-1-13-35(41)36-14-2-8-20-42(36)53)25-26-48(54-43-21-9-3-15-37(43)38-16-4-10-22-44(38)54)50(49)55-45-23-11-5-17-39(45)40-18-6-12-24-46(40)55/h1-29H. The van der Waals surface area contributed by atoms with Gasteiger partial charge in [-0.15, -0.1) is 0 Å². The molecule has 254 valence electrons. The summed E-state index contributed by atoms with van der Waals surface area (Å²) in [6, 6.07) is 66.1. The molecule has 0 saturated carbocycles. The van der Waals surface area contributed by atoms with Crippen molar-refractivity contribution in [1.82, 2.24) is 13.7 Å². The lowest BCUT2D eigenvalue weighted by molar-refractivity contribution is 1.08. The van der Waals surface area contributed by atoms with E-state index < -0.39 is 0 Å². The van der Waals surface area contributed by atoms with Crippen LogP contribution < -0.4 is 0 Å². The van der Waals surface area contributed by atoms with E-state index in [1.807, 2.05) is 12.1 Å². The van der Waals surface area contributed by atoms with E-state index in [-0.39, 0.29) is 0 Å². The predicted octanol–water partition coefficient (Wildman–Crippen LogP) is 12.4. The Hall–Kier alpha value is -7.86. The Bertz CT molecular complexity index is 3280. The minimum absolute atomic E-state index is 0.428. The first kappa shape index (κ1) is 30.7. The van der Waals surface area contributed by atoms with Crippen LogP contribution >= 0.6 is 0 Å². The van der Waals surface area contributed by atoms with Gasteiger partial charge in [-0.2, -0.15) is 10.5 Å². The second kappa shape index (κ2) is 11.8. The number of benzene rings is 8. The normalized spacial score (nSPS) is 11.6. The quantitative estimate of drug-likeness (QED) is 0.184. The number of hydrogen-bond donors (Lipinski definition) is 0. The van der Waals surface area contributed by atoms with Gasteiger partial charge in [0, 0.05) is 37.9 Å². The summed E-state index contributed by atoms with van der Waals surface area (Å²) in [6.07, 6.45) is 0. The Morgan fingerprint density at radius 3 is 1.00 bits per heavy atom. The van der Waals surface area contributed by atoms with Gasteiger partial charge in [0.2, 0.25) is 0 Å². The fraction of sp³-hybridized carbons (Fsp3) is 0. The second-order valence-electron chi connectivity index (χ2n) is 14.0. The van der Waals surface area contributed by atoms with Crippen molar-refractivity contribution in [1.29, 1.82) is 10.5 Å². The highest BCUT2D eigenvalue weighted by atomic mass is 15.1. The molecule has 3 aromatic heterocycles. The van der Waals surface area contributed by atoms with Gasteiger partial charge in [0.05, 0.1) is 73.4 Å². The van der Waals surface area contributed by atoms with Gasteiger partial charge < -0.3 is 13.7 Å². The van der Waals surface area contributed by atoms with Crippen molar-refractivity contribution in [2.24, 2.45) is 0 Å². The number of nitrogens with zero attached hydrogens (tertiary/aromatic N) is 5. The van der Waals surface area contributed by atoms with Crippen molar-refractivity contribution in [3.8, 4) is 40.3 Å². The third kappa shape index (κ3) is 4.39. The molecule has 0 aliphatic heterocycles. The molecule has 0 spiro atoms. The molecule has 0 unspecified atom stereocenters. The molecule has 0 atom stereocenters. The zero-order valence-corrected chi connectivity index (χ0v) is 29.5. The summed E-state index contributed by atoms with van der Waals surface area (Å²) in [5, 5.41) is 27.6. The highest BCUT2D eigenvalue weighted by Gasteiger charge is 2.27. The Morgan fingerprint density at radius 2 is 0.636 bits per heavy atom. The molecule has 0 saturated heterocycles. The topological polar surface area (TPSA) is 62.4 Å². The van der Waals surface area contributed by atoms with Gasteiger partial charge in [0.25, 0.3) is 0 Å². The van der Waals surface area contributed by atoms with E-state index in [0.717, 1.165) is 93.6 Å². The smallest absolute Gasteiger partial charge is 0.0992 e. The van der Waals surface area contributed by atoms with Gasteiger partial charge in [-0.3, -0.25) is 0 Å². The number of hydrogen-bond acceptors (Lipinski definition) is 2. The van der Waals surface area contributed by atoms with Gasteiger partial charge in [0.15, 0.2) is 0 Å². The molecule has 0 fully saturated rings. The summed E-state index contributed by atoms with van der Waals surface area (Å²) in [7, 11) is 0.